The Kier molecular flexibility index (Phi) is 7.57. The Morgan fingerprint density at radius 2 is 2.08 bits per heavy atom. The number of phenolic OH excluding ortho intramolecular Hbond substituents is 1. The zero-order valence-corrected chi connectivity index (χ0v) is 15.3. The SMILES string of the molecule is CCNC(=NCCCNC(=O)c1cccc(O)c1)N1CCC(C)CC1. The lowest BCUT2D eigenvalue weighted by atomic mass is 10.00. The van der Waals surface area contributed by atoms with Gasteiger partial charge in [-0.15, -0.1) is 0 Å². The average Bonchev–Trinajstić information content (AvgIpc) is 2.61. The van der Waals surface area contributed by atoms with E-state index in [1.807, 2.05) is 0 Å². The highest BCUT2D eigenvalue weighted by Gasteiger charge is 2.18. The summed E-state index contributed by atoms with van der Waals surface area (Å²) in [5.41, 5.74) is 0.472. The molecule has 0 radical (unpaired) electrons. The third kappa shape index (κ3) is 6.29. The highest BCUT2D eigenvalue weighted by atomic mass is 16.3. The summed E-state index contributed by atoms with van der Waals surface area (Å²) in [4.78, 5) is 19.0. The van der Waals surface area contributed by atoms with E-state index >= 15 is 0 Å². The minimum absolute atomic E-state index is 0.100. The van der Waals surface area contributed by atoms with Crippen molar-refractivity contribution in [1.29, 1.82) is 0 Å². The predicted molar refractivity (Wildman–Crippen MR) is 101 cm³/mol. The molecule has 25 heavy (non-hydrogen) atoms. The number of amides is 1. The Morgan fingerprint density at radius 1 is 1.32 bits per heavy atom. The first kappa shape index (κ1) is 19.1. The van der Waals surface area contributed by atoms with Crippen LogP contribution in [0.3, 0.4) is 0 Å². The first-order chi connectivity index (χ1) is 12.1. The minimum Gasteiger partial charge on any atom is -0.508 e. The van der Waals surface area contributed by atoms with E-state index in [0.717, 1.165) is 37.9 Å². The van der Waals surface area contributed by atoms with E-state index in [1.165, 1.54) is 18.9 Å². The zero-order chi connectivity index (χ0) is 18.1. The number of guanidine groups is 1. The van der Waals surface area contributed by atoms with Crippen LogP contribution in [0.5, 0.6) is 5.75 Å². The third-order valence-corrected chi connectivity index (χ3v) is 4.41. The van der Waals surface area contributed by atoms with E-state index < -0.39 is 0 Å². The standard InChI is InChI=1S/C19H30N4O2/c1-3-20-19(23-12-8-15(2)9-13-23)22-11-5-10-21-18(25)16-6-4-7-17(24)14-16/h4,6-7,14-15,24H,3,5,8-13H2,1-2H3,(H,20,22)(H,21,25). The fourth-order valence-electron chi connectivity index (χ4n) is 2.86. The number of piperidine rings is 1. The molecule has 1 saturated heterocycles. The summed E-state index contributed by atoms with van der Waals surface area (Å²) in [6.07, 6.45) is 3.21. The number of hydrogen-bond donors (Lipinski definition) is 3. The summed E-state index contributed by atoms with van der Waals surface area (Å²) in [5, 5.41) is 15.6. The third-order valence-electron chi connectivity index (χ3n) is 4.41. The number of carbonyl (C=O) groups is 1. The molecule has 0 spiro atoms. The smallest absolute Gasteiger partial charge is 0.251 e. The summed E-state index contributed by atoms with van der Waals surface area (Å²) >= 11 is 0. The van der Waals surface area contributed by atoms with Crippen LogP contribution in [0.1, 0.15) is 43.5 Å². The van der Waals surface area contributed by atoms with Gasteiger partial charge in [0.15, 0.2) is 5.96 Å². The van der Waals surface area contributed by atoms with Gasteiger partial charge in [0.25, 0.3) is 5.91 Å². The first-order valence-electron chi connectivity index (χ1n) is 9.20. The topological polar surface area (TPSA) is 77.0 Å². The van der Waals surface area contributed by atoms with Gasteiger partial charge in [-0.25, -0.2) is 0 Å². The van der Waals surface area contributed by atoms with Gasteiger partial charge in [-0.1, -0.05) is 13.0 Å². The van der Waals surface area contributed by atoms with Crippen molar-refractivity contribution in [3.05, 3.63) is 29.8 Å². The summed E-state index contributed by atoms with van der Waals surface area (Å²) in [6.45, 7) is 8.60. The van der Waals surface area contributed by atoms with Crippen molar-refractivity contribution < 1.29 is 9.90 Å². The maximum absolute atomic E-state index is 12.0. The lowest BCUT2D eigenvalue weighted by Crippen LogP contribution is -2.45. The van der Waals surface area contributed by atoms with E-state index in [2.05, 4.69) is 34.4 Å². The van der Waals surface area contributed by atoms with E-state index in [0.29, 0.717) is 18.7 Å². The number of nitrogens with zero attached hydrogens (tertiary/aromatic N) is 2. The first-order valence-corrected chi connectivity index (χ1v) is 9.20. The van der Waals surface area contributed by atoms with Crippen molar-refractivity contribution in [2.45, 2.75) is 33.1 Å². The highest BCUT2D eigenvalue weighted by Crippen LogP contribution is 2.16. The van der Waals surface area contributed by atoms with Gasteiger partial charge in [-0.05, 0) is 50.3 Å². The van der Waals surface area contributed by atoms with Gasteiger partial charge >= 0.3 is 0 Å². The fourth-order valence-corrected chi connectivity index (χ4v) is 2.86. The predicted octanol–water partition coefficient (Wildman–Crippen LogP) is 2.21. The maximum Gasteiger partial charge on any atom is 0.251 e. The molecule has 6 heteroatoms. The number of hydrogen-bond acceptors (Lipinski definition) is 3. The van der Waals surface area contributed by atoms with Crippen LogP contribution in [-0.2, 0) is 0 Å². The molecule has 0 bridgehead atoms. The molecule has 6 nitrogen and oxygen atoms in total. The zero-order valence-electron chi connectivity index (χ0n) is 15.3. The molecular weight excluding hydrogens is 316 g/mol. The van der Waals surface area contributed by atoms with Crippen molar-refractivity contribution in [2.24, 2.45) is 10.9 Å². The molecule has 1 aromatic carbocycles. The Labute approximate surface area is 150 Å². The van der Waals surface area contributed by atoms with Gasteiger partial charge in [0.2, 0.25) is 0 Å². The van der Waals surface area contributed by atoms with Crippen LogP contribution >= 0.6 is 0 Å². The number of carbonyl (C=O) groups excluding carboxylic acids is 1. The van der Waals surface area contributed by atoms with Gasteiger partial charge in [0.1, 0.15) is 5.75 Å². The Hall–Kier alpha value is -2.24. The summed E-state index contributed by atoms with van der Waals surface area (Å²) in [6, 6.07) is 6.37. The van der Waals surface area contributed by atoms with Crippen LogP contribution in [0.4, 0.5) is 0 Å². The molecule has 138 valence electrons. The van der Waals surface area contributed by atoms with Gasteiger partial charge in [-0.3, -0.25) is 9.79 Å². The van der Waals surface area contributed by atoms with E-state index in [-0.39, 0.29) is 11.7 Å². The highest BCUT2D eigenvalue weighted by molar-refractivity contribution is 5.94. The molecular formula is C19H30N4O2. The number of phenols is 1. The molecule has 1 heterocycles. The molecule has 0 aliphatic carbocycles. The number of rotatable bonds is 6. The number of likely N-dealkylation sites (tertiary alicyclic amines) is 1. The molecule has 1 aromatic rings. The van der Waals surface area contributed by atoms with Gasteiger partial charge < -0.3 is 20.6 Å². The molecule has 0 aromatic heterocycles. The van der Waals surface area contributed by atoms with Crippen LogP contribution in [0.15, 0.2) is 29.3 Å². The molecule has 1 amide bonds. The fraction of sp³-hybridized carbons (Fsp3) is 0.579. The molecule has 2 rings (SSSR count). The monoisotopic (exact) mass is 346 g/mol. The largest absolute Gasteiger partial charge is 0.508 e. The molecule has 1 fully saturated rings. The summed E-state index contributed by atoms with van der Waals surface area (Å²) in [5.74, 6) is 1.71. The normalized spacial score (nSPS) is 15.9. The van der Waals surface area contributed by atoms with E-state index in [4.69, 9.17) is 0 Å². The molecule has 0 saturated carbocycles. The van der Waals surface area contributed by atoms with Crippen molar-refractivity contribution in [3.8, 4) is 5.75 Å². The maximum atomic E-state index is 12.0. The van der Waals surface area contributed by atoms with Gasteiger partial charge in [-0.2, -0.15) is 0 Å². The van der Waals surface area contributed by atoms with Crippen LogP contribution in [0, 0.1) is 5.92 Å². The second-order valence-electron chi connectivity index (χ2n) is 6.57. The Bertz CT molecular complexity index is 581. The number of aliphatic imine (C=N–C) groups is 1. The second-order valence-corrected chi connectivity index (χ2v) is 6.57. The molecule has 1 aliphatic rings. The Morgan fingerprint density at radius 3 is 2.76 bits per heavy atom. The summed E-state index contributed by atoms with van der Waals surface area (Å²) < 4.78 is 0. The molecule has 0 atom stereocenters. The van der Waals surface area contributed by atoms with Crippen LogP contribution in [0.25, 0.3) is 0 Å². The quantitative estimate of drug-likeness (QED) is 0.419. The average molecular weight is 346 g/mol. The number of aromatic hydroxyl groups is 1. The number of benzene rings is 1. The minimum atomic E-state index is -0.170. The van der Waals surface area contributed by atoms with Crippen molar-refractivity contribution in [1.82, 2.24) is 15.5 Å². The van der Waals surface area contributed by atoms with Crippen LogP contribution in [-0.4, -0.2) is 54.6 Å². The number of nitrogens with one attached hydrogen (secondary N) is 2. The Balaban J connectivity index is 1.75. The van der Waals surface area contributed by atoms with Gasteiger partial charge in [0, 0.05) is 38.3 Å². The van der Waals surface area contributed by atoms with Crippen LogP contribution in [0.2, 0.25) is 0 Å². The van der Waals surface area contributed by atoms with Gasteiger partial charge in [0.05, 0.1) is 0 Å². The van der Waals surface area contributed by atoms with E-state index in [1.54, 1.807) is 18.2 Å². The lowest BCUT2D eigenvalue weighted by molar-refractivity contribution is 0.0953. The van der Waals surface area contributed by atoms with Crippen molar-refractivity contribution >= 4 is 11.9 Å². The van der Waals surface area contributed by atoms with Crippen molar-refractivity contribution in [3.63, 3.8) is 0 Å². The molecule has 3 N–H and O–H groups in total. The van der Waals surface area contributed by atoms with E-state index in [9.17, 15) is 9.90 Å². The molecule has 0 unspecified atom stereocenters. The molecule has 1 aliphatic heterocycles. The second kappa shape index (κ2) is 9.91. The summed E-state index contributed by atoms with van der Waals surface area (Å²) in [7, 11) is 0. The van der Waals surface area contributed by atoms with Crippen LogP contribution < -0.4 is 10.6 Å². The lowest BCUT2D eigenvalue weighted by Gasteiger charge is -2.33. The van der Waals surface area contributed by atoms with Crippen molar-refractivity contribution in [2.75, 3.05) is 32.7 Å².